The van der Waals surface area contributed by atoms with Gasteiger partial charge in [-0.15, -0.1) is 0 Å². The molecule has 29 heavy (non-hydrogen) atoms. The number of carbonyl (C=O) groups excluding carboxylic acids is 1. The van der Waals surface area contributed by atoms with Crippen LogP contribution in [0, 0.1) is 11.7 Å². The van der Waals surface area contributed by atoms with E-state index in [1.807, 2.05) is 11.8 Å². The Balaban J connectivity index is 1.39. The zero-order valence-corrected chi connectivity index (χ0v) is 17.3. The van der Waals surface area contributed by atoms with E-state index < -0.39 is 0 Å². The summed E-state index contributed by atoms with van der Waals surface area (Å²) in [6.45, 7) is 5.58. The van der Waals surface area contributed by atoms with Gasteiger partial charge in [0, 0.05) is 44.6 Å². The number of hydrogen-bond donors (Lipinski definition) is 2. The summed E-state index contributed by atoms with van der Waals surface area (Å²) in [5, 5.41) is 6.75. The minimum atomic E-state index is -0.265. The van der Waals surface area contributed by atoms with Gasteiger partial charge in [0.2, 0.25) is 5.91 Å². The van der Waals surface area contributed by atoms with E-state index in [0.717, 1.165) is 51.3 Å². The first kappa shape index (κ1) is 21.4. The average Bonchev–Trinajstić information content (AvgIpc) is 3.41. The molecule has 0 aromatic heterocycles. The predicted octanol–water partition coefficient (Wildman–Crippen LogP) is 2.94. The van der Waals surface area contributed by atoms with Crippen LogP contribution < -0.4 is 15.4 Å². The number of hydrogen-bond acceptors (Lipinski definition) is 3. The van der Waals surface area contributed by atoms with Crippen LogP contribution in [0.15, 0.2) is 29.3 Å². The lowest BCUT2D eigenvalue weighted by molar-refractivity contribution is -0.134. The van der Waals surface area contributed by atoms with Crippen LogP contribution in [0.5, 0.6) is 5.75 Å². The topological polar surface area (TPSA) is 66.0 Å². The molecule has 1 heterocycles. The van der Waals surface area contributed by atoms with Crippen molar-refractivity contribution in [1.82, 2.24) is 15.5 Å². The molecule has 160 valence electrons. The first-order chi connectivity index (χ1) is 14.2. The van der Waals surface area contributed by atoms with Crippen molar-refractivity contribution in [2.45, 2.75) is 51.5 Å². The first-order valence-electron chi connectivity index (χ1n) is 10.9. The van der Waals surface area contributed by atoms with Crippen LogP contribution >= 0.6 is 0 Å². The van der Waals surface area contributed by atoms with Crippen molar-refractivity contribution < 1.29 is 13.9 Å². The summed E-state index contributed by atoms with van der Waals surface area (Å²) in [6.07, 6.45) is 6.21. The van der Waals surface area contributed by atoms with Crippen LogP contribution in [-0.2, 0) is 4.79 Å². The third kappa shape index (κ3) is 6.61. The lowest BCUT2D eigenvalue weighted by Crippen LogP contribution is -2.45. The van der Waals surface area contributed by atoms with Gasteiger partial charge in [0.05, 0.1) is 6.61 Å². The Bertz CT molecular complexity index is 674. The molecule has 1 amide bonds. The molecule has 6 nitrogen and oxygen atoms in total. The average molecular weight is 405 g/mol. The quantitative estimate of drug-likeness (QED) is 0.397. The molecule has 1 saturated carbocycles. The van der Waals surface area contributed by atoms with E-state index >= 15 is 0 Å². The minimum Gasteiger partial charge on any atom is -0.494 e. The van der Waals surface area contributed by atoms with Gasteiger partial charge in [0.1, 0.15) is 11.6 Å². The van der Waals surface area contributed by atoms with E-state index in [0.29, 0.717) is 24.8 Å². The maximum atomic E-state index is 12.9. The molecule has 1 saturated heterocycles. The Morgan fingerprint density at radius 1 is 1.24 bits per heavy atom. The van der Waals surface area contributed by atoms with Crippen molar-refractivity contribution in [1.29, 1.82) is 0 Å². The number of rotatable bonds is 8. The second kappa shape index (κ2) is 11.0. The fraction of sp³-hybridized carbons (Fsp3) is 0.636. The zero-order chi connectivity index (χ0) is 20.5. The van der Waals surface area contributed by atoms with Crippen LogP contribution in [0.3, 0.4) is 0 Å². The predicted molar refractivity (Wildman–Crippen MR) is 113 cm³/mol. The summed E-state index contributed by atoms with van der Waals surface area (Å²) < 4.78 is 18.5. The number of amides is 1. The van der Waals surface area contributed by atoms with Gasteiger partial charge in [0.15, 0.2) is 5.96 Å². The normalized spacial score (nSPS) is 20.1. The molecule has 1 aromatic carbocycles. The van der Waals surface area contributed by atoms with Crippen molar-refractivity contribution in [3.63, 3.8) is 0 Å². The van der Waals surface area contributed by atoms with E-state index in [1.54, 1.807) is 12.1 Å². The van der Waals surface area contributed by atoms with Crippen LogP contribution in [0.1, 0.15) is 45.4 Å². The molecule has 2 fully saturated rings. The fourth-order valence-electron chi connectivity index (χ4n) is 4.00. The number of ether oxygens (including phenoxy) is 1. The summed E-state index contributed by atoms with van der Waals surface area (Å²) in [5.74, 6) is 1.77. The van der Waals surface area contributed by atoms with E-state index in [2.05, 4.69) is 15.6 Å². The Kier molecular flexibility index (Phi) is 8.14. The van der Waals surface area contributed by atoms with Crippen LogP contribution in [0.25, 0.3) is 0 Å². The first-order valence-corrected chi connectivity index (χ1v) is 10.9. The molecule has 1 atom stereocenters. The molecule has 1 aromatic rings. The molecule has 0 bridgehead atoms. The van der Waals surface area contributed by atoms with Gasteiger partial charge < -0.3 is 20.3 Å². The lowest BCUT2D eigenvalue weighted by atomic mass is 10.1. The van der Waals surface area contributed by atoms with Gasteiger partial charge in [-0.3, -0.25) is 9.79 Å². The standard InChI is InChI=1S/C22H33FN4O2/c1-2-24-22(25-13-5-15-29-20-10-8-18(23)9-11-20)26-19-12-14-27(16-19)21(28)17-6-3-4-7-17/h8-11,17,19H,2-7,12-16H2,1H3,(H2,24,25,26). The molecule has 3 rings (SSSR count). The van der Waals surface area contributed by atoms with Gasteiger partial charge in [0.25, 0.3) is 0 Å². The second-order valence-electron chi connectivity index (χ2n) is 7.81. The molecule has 1 unspecified atom stereocenters. The number of carbonyl (C=O) groups is 1. The van der Waals surface area contributed by atoms with Gasteiger partial charge >= 0.3 is 0 Å². The van der Waals surface area contributed by atoms with Gasteiger partial charge in [-0.25, -0.2) is 4.39 Å². The molecule has 2 N–H and O–H groups in total. The summed E-state index contributed by atoms with van der Waals surface area (Å²) >= 11 is 0. The van der Waals surface area contributed by atoms with Gasteiger partial charge in [-0.05, 0) is 50.5 Å². The molecule has 0 spiro atoms. The Hall–Kier alpha value is -2.31. The molecule has 0 radical (unpaired) electrons. The van der Waals surface area contributed by atoms with Crippen molar-refractivity contribution in [3.8, 4) is 5.75 Å². The SMILES string of the molecule is CCNC(=NCCCOc1ccc(F)cc1)NC1CCN(C(=O)C2CCCC2)C1. The Morgan fingerprint density at radius 3 is 2.72 bits per heavy atom. The van der Waals surface area contributed by atoms with E-state index in [-0.39, 0.29) is 17.8 Å². The largest absolute Gasteiger partial charge is 0.494 e. The minimum absolute atomic E-state index is 0.244. The van der Waals surface area contributed by atoms with Crippen molar-refractivity contribution >= 4 is 11.9 Å². The third-order valence-electron chi connectivity index (χ3n) is 5.54. The van der Waals surface area contributed by atoms with E-state index in [4.69, 9.17) is 4.74 Å². The number of aliphatic imine (C=N–C) groups is 1. The highest BCUT2D eigenvalue weighted by Crippen LogP contribution is 2.27. The fourth-order valence-corrected chi connectivity index (χ4v) is 4.00. The number of guanidine groups is 1. The second-order valence-corrected chi connectivity index (χ2v) is 7.81. The number of halogens is 1. The van der Waals surface area contributed by atoms with E-state index in [9.17, 15) is 9.18 Å². The smallest absolute Gasteiger partial charge is 0.225 e. The molecular formula is C22H33FN4O2. The summed E-state index contributed by atoms with van der Waals surface area (Å²) in [7, 11) is 0. The lowest BCUT2D eigenvalue weighted by Gasteiger charge is -2.21. The molecule has 1 aliphatic carbocycles. The Morgan fingerprint density at radius 2 is 2.00 bits per heavy atom. The van der Waals surface area contributed by atoms with Gasteiger partial charge in [-0.2, -0.15) is 0 Å². The maximum Gasteiger partial charge on any atom is 0.225 e. The van der Waals surface area contributed by atoms with Crippen molar-refractivity contribution in [2.24, 2.45) is 10.9 Å². The summed E-state index contributed by atoms with van der Waals surface area (Å²) in [4.78, 5) is 19.2. The monoisotopic (exact) mass is 404 g/mol. The number of likely N-dealkylation sites (tertiary alicyclic amines) is 1. The number of nitrogens with zero attached hydrogens (tertiary/aromatic N) is 2. The molecule has 7 heteroatoms. The highest BCUT2D eigenvalue weighted by molar-refractivity contribution is 5.81. The molecular weight excluding hydrogens is 371 g/mol. The van der Waals surface area contributed by atoms with Crippen LogP contribution in [0.4, 0.5) is 4.39 Å². The molecule has 1 aliphatic heterocycles. The highest BCUT2D eigenvalue weighted by Gasteiger charge is 2.32. The maximum absolute atomic E-state index is 12.9. The van der Waals surface area contributed by atoms with E-state index in [1.165, 1.54) is 25.0 Å². The van der Waals surface area contributed by atoms with Crippen LogP contribution in [-0.4, -0.2) is 55.6 Å². The van der Waals surface area contributed by atoms with Crippen molar-refractivity contribution in [3.05, 3.63) is 30.1 Å². The zero-order valence-electron chi connectivity index (χ0n) is 17.3. The molecule has 2 aliphatic rings. The highest BCUT2D eigenvalue weighted by atomic mass is 19.1. The summed E-state index contributed by atoms with van der Waals surface area (Å²) in [5.41, 5.74) is 0. The Labute approximate surface area is 172 Å². The van der Waals surface area contributed by atoms with Crippen molar-refractivity contribution in [2.75, 3.05) is 32.8 Å². The number of benzene rings is 1. The van der Waals surface area contributed by atoms with Crippen LogP contribution in [0.2, 0.25) is 0 Å². The number of nitrogens with one attached hydrogen (secondary N) is 2. The van der Waals surface area contributed by atoms with Gasteiger partial charge in [-0.1, -0.05) is 12.8 Å². The summed E-state index contributed by atoms with van der Waals surface area (Å²) in [6, 6.07) is 6.28. The third-order valence-corrected chi connectivity index (χ3v) is 5.54.